The Labute approximate surface area is 160 Å². The molecule has 0 bridgehead atoms. The summed E-state index contributed by atoms with van der Waals surface area (Å²) in [6, 6.07) is 0.523. The molecular weight excluding hydrogens is 421 g/mol. The highest BCUT2D eigenvalue weighted by atomic mass is 127. The molecule has 9 heteroatoms. The van der Waals surface area contributed by atoms with Crippen LogP contribution in [0.2, 0.25) is 0 Å². The number of aliphatic imine (C=N–C) groups is 1. The van der Waals surface area contributed by atoms with Crippen molar-refractivity contribution in [3.8, 4) is 0 Å². The van der Waals surface area contributed by atoms with Crippen LogP contribution >= 0.6 is 24.0 Å². The fourth-order valence-corrected chi connectivity index (χ4v) is 2.31. The second-order valence-electron chi connectivity index (χ2n) is 6.14. The summed E-state index contributed by atoms with van der Waals surface area (Å²) in [7, 11) is 3.47. The predicted molar refractivity (Wildman–Crippen MR) is 105 cm³/mol. The van der Waals surface area contributed by atoms with Crippen molar-refractivity contribution in [3.63, 3.8) is 0 Å². The fraction of sp³-hybridized carbons (Fsp3) is 0.733. The molecule has 2 heterocycles. The quantitative estimate of drug-likeness (QED) is 0.391. The van der Waals surface area contributed by atoms with Gasteiger partial charge in [0.05, 0.1) is 6.54 Å². The summed E-state index contributed by atoms with van der Waals surface area (Å²) in [5, 5.41) is 11.0. The molecule has 2 atom stereocenters. The highest BCUT2D eigenvalue weighted by Crippen LogP contribution is 2.11. The molecule has 2 unspecified atom stereocenters. The van der Waals surface area contributed by atoms with Crippen LogP contribution in [0.3, 0.4) is 0 Å². The zero-order chi connectivity index (χ0) is 16.8. The minimum Gasteiger partial charge on any atom is -0.354 e. The molecule has 2 N–H and O–H groups in total. The van der Waals surface area contributed by atoms with Gasteiger partial charge in [-0.25, -0.2) is 14.7 Å². The number of carbonyl (C=O) groups excluding carboxylic acids is 1. The number of fused-ring (bicyclic) bond motifs is 1. The molecule has 0 fully saturated rings. The standard InChI is InChI=1S/C15H27N7O.HI/c1-5-11(2)19-15(16-8-14(23)21(3)4)20-12-6-7-13-17-10-18-22(13)9-12;/h10-12H,5-9H2,1-4H3,(H2,16,19,20);1H. The first kappa shape index (κ1) is 20.7. The first-order chi connectivity index (χ1) is 11.0. The normalized spacial score (nSPS) is 18.2. The predicted octanol–water partition coefficient (Wildman–Crippen LogP) is 0.633. The molecule has 0 saturated heterocycles. The van der Waals surface area contributed by atoms with E-state index in [1.807, 2.05) is 4.68 Å². The van der Waals surface area contributed by atoms with Gasteiger partial charge in [-0.2, -0.15) is 5.10 Å². The van der Waals surface area contributed by atoms with Crippen molar-refractivity contribution in [1.29, 1.82) is 0 Å². The number of aryl methyl sites for hydroxylation is 1. The number of likely N-dealkylation sites (N-methyl/N-ethyl adjacent to an activating group) is 1. The van der Waals surface area contributed by atoms with Gasteiger partial charge in [-0.1, -0.05) is 6.92 Å². The molecule has 1 aromatic heterocycles. The van der Waals surface area contributed by atoms with Crippen molar-refractivity contribution >= 4 is 35.8 Å². The topological polar surface area (TPSA) is 87.4 Å². The zero-order valence-corrected chi connectivity index (χ0v) is 17.2. The monoisotopic (exact) mass is 449 g/mol. The summed E-state index contributed by atoms with van der Waals surface area (Å²) in [5.41, 5.74) is 0. The van der Waals surface area contributed by atoms with Gasteiger partial charge in [-0.3, -0.25) is 4.79 Å². The van der Waals surface area contributed by atoms with Gasteiger partial charge in [-0.05, 0) is 19.8 Å². The minimum absolute atomic E-state index is 0. The molecule has 0 aliphatic carbocycles. The van der Waals surface area contributed by atoms with Crippen LogP contribution in [0.4, 0.5) is 0 Å². The Morgan fingerprint density at radius 1 is 1.54 bits per heavy atom. The molecule has 2 rings (SSSR count). The number of aromatic nitrogens is 3. The smallest absolute Gasteiger partial charge is 0.243 e. The number of guanidine groups is 1. The molecule has 0 spiro atoms. The van der Waals surface area contributed by atoms with E-state index in [2.05, 4.69) is 39.6 Å². The molecule has 1 amide bonds. The third-order valence-corrected chi connectivity index (χ3v) is 4.01. The molecule has 0 radical (unpaired) electrons. The van der Waals surface area contributed by atoms with Crippen LogP contribution in [-0.4, -0.2) is 64.3 Å². The van der Waals surface area contributed by atoms with E-state index >= 15 is 0 Å². The summed E-state index contributed by atoms with van der Waals surface area (Å²) in [4.78, 5) is 22.0. The van der Waals surface area contributed by atoms with Crippen molar-refractivity contribution in [3.05, 3.63) is 12.2 Å². The van der Waals surface area contributed by atoms with E-state index in [0.717, 1.165) is 31.6 Å². The number of halogens is 1. The third kappa shape index (κ3) is 5.91. The molecule has 8 nitrogen and oxygen atoms in total. The first-order valence-corrected chi connectivity index (χ1v) is 8.14. The van der Waals surface area contributed by atoms with Crippen LogP contribution in [0, 0.1) is 0 Å². The number of hydrogen-bond donors (Lipinski definition) is 2. The van der Waals surface area contributed by atoms with E-state index in [-0.39, 0.29) is 42.5 Å². The van der Waals surface area contributed by atoms with Crippen LogP contribution in [0.15, 0.2) is 11.3 Å². The van der Waals surface area contributed by atoms with Gasteiger partial charge < -0.3 is 15.5 Å². The maximum atomic E-state index is 11.8. The zero-order valence-electron chi connectivity index (χ0n) is 14.8. The Bertz CT molecular complexity index is 558. The van der Waals surface area contributed by atoms with Crippen molar-refractivity contribution < 1.29 is 4.79 Å². The van der Waals surface area contributed by atoms with Gasteiger partial charge in [0, 0.05) is 32.6 Å². The van der Waals surface area contributed by atoms with E-state index in [1.165, 1.54) is 0 Å². The SMILES string of the molecule is CCC(C)NC(=NCC(=O)N(C)C)NC1CCc2ncnn2C1.I. The van der Waals surface area contributed by atoms with Gasteiger partial charge in [0.2, 0.25) is 5.91 Å². The van der Waals surface area contributed by atoms with Crippen molar-refractivity contribution in [2.24, 2.45) is 4.99 Å². The molecule has 0 aromatic carbocycles. The summed E-state index contributed by atoms with van der Waals surface area (Å²) in [6.45, 7) is 5.11. The molecule has 24 heavy (non-hydrogen) atoms. The highest BCUT2D eigenvalue weighted by molar-refractivity contribution is 14.0. The molecule has 136 valence electrons. The maximum absolute atomic E-state index is 11.8. The Hall–Kier alpha value is -1.39. The maximum Gasteiger partial charge on any atom is 0.243 e. The average Bonchev–Trinajstić information content (AvgIpc) is 2.99. The lowest BCUT2D eigenvalue weighted by molar-refractivity contribution is -0.127. The number of rotatable bonds is 5. The Kier molecular flexibility index (Phi) is 8.43. The number of hydrogen-bond acceptors (Lipinski definition) is 4. The summed E-state index contributed by atoms with van der Waals surface area (Å²) < 4.78 is 1.92. The Balaban J connectivity index is 0.00000288. The minimum atomic E-state index is -0.0162. The van der Waals surface area contributed by atoms with Crippen LogP contribution in [-0.2, 0) is 17.8 Å². The van der Waals surface area contributed by atoms with Gasteiger partial charge in [0.25, 0.3) is 0 Å². The van der Waals surface area contributed by atoms with E-state index < -0.39 is 0 Å². The van der Waals surface area contributed by atoms with E-state index in [9.17, 15) is 4.79 Å². The molecule has 1 aromatic rings. The lowest BCUT2D eigenvalue weighted by atomic mass is 10.1. The molecule has 0 saturated carbocycles. The summed E-state index contributed by atoms with van der Waals surface area (Å²) >= 11 is 0. The van der Waals surface area contributed by atoms with Gasteiger partial charge in [-0.15, -0.1) is 24.0 Å². The molecule has 1 aliphatic rings. The second-order valence-corrected chi connectivity index (χ2v) is 6.14. The van der Waals surface area contributed by atoms with Gasteiger partial charge >= 0.3 is 0 Å². The highest BCUT2D eigenvalue weighted by Gasteiger charge is 2.21. The lowest BCUT2D eigenvalue weighted by Crippen LogP contribution is -2.49. The molecule has 1 aliphatic heterocycles. The first-order valence-electron chi connectivity index (χ1n) is 8.14. The average molecular weight is 449 g/mol. The number of carbonyl (C=O) groups is 1. The van der Waals surface area contributed by atoms with Gasteiger partial charge in [0.15, 0.2) is 5.96 Å². The van der Waals surface area contributed by atoms with Crippen LogP contribution < -0.4 is 10.6 Å². The van der Waals surface area contributed by atoms with E-state index in [1.54, 1.807) is 25.3 Å². The van der Waals surface area contributed by atoms with Crippen molar-refractivity contribution in [2.45, 2.75) is 51.7 Å². The van der Waals surface area contributed by atoms with Gasteiger partial charge in [0.1, 0.15) is 18.7 Å². The summed E-state index contributed by atoms with van der Waals surface area (Å²) in [6.07, 6.45) is 4.45. The number of amides is 1. The van der Waals surface area contributed by atoms with Crippen molar-refractivity contribution in [2.75, 3.05) is 20.6 Å². The molecular formula is C15H28IN7O. The fourth-order valence-electron chi connectivity index (χ4n) is 2.31. The lowest BCUT2D eigenvalue weighted by Gasteiger charge is -2.26. The summed E-state index contributed by atoms with van der Waals surface area (Å²) in [5.74, 6) is 1.69. The Morgan fingerprint density at radius 2 is 2.29 bits per heavy atom. The third-order valence-electron chi connectivity index (χ3n) is 4.01. The van der Waals surface area contributed by atoms with Crippen LogP contribution in [0.25, 0.3) is 0 Å². The van der Waals surface area contributed by atoms with E-state index in [0.29, 0.717) is 12.0 Å². The number of nitrogens with zero attached hydrogens (tertiary/aromatic N) is 5. The van der Waals surface area contributed by atoms with Crippen LogP contribution in [0.5, 0.6) is 0 Å². The second kappa shape index (κ2) is 9.80. The van der Waals surface area contributed by atoms with Crippen LogP contribution in [0.1, 0.15) is 32.5 Å². The largest absolute Gasteiger partial charge is 0.354 e. The number of nitrogens with one attached hydrogen (secondary N) is 2. The Morgan fingerprint density at radius 3 is 2.96 bits per heavy atom. The van der Waals surface area contributed by atoms with E-state index in [4.69, 9.17) is 0 Å². The van der Waals surface area contributed by atoms with Crippen molar-refractivity contribution in [1.82, 2.24) is 30.3 Å².